The zero-order valence-corrected chi connectivity index (χ0v) is 20.5. The van der Waals surface area contributed by atoms with E-state index >= 15 is 0 Å². The summed E-state index contributed by atoms with van der Waals surface area (Å²) in [4.78, 5) is 34.3. The number of hydrogen-bond donors (Lipinski definition) is 1. The summed E-state index contributed by atoms with van der Waals surface area (Å²) >= 11 is 2.43. The van der Waals surface area contributed by atoms with Crippen LogP contribution in [0.1, 0.15) is 37.7 Å². The number of benzene rings is 2. The molecule has 0 fully saturated rings. The molecule has 0 aliphatic rings. The number of thioether (sulfide) groups is 1. The number of alkyl halides is 3. The molecule has 10 heteroatoms. The van der Waals surface area contributed by atoms with Crippen molar-refractivity contribution in [2.45, 2.75) is 24.9 Å². The van der Waals surface area contributed by atoms with Gasteiger partial charge in [-0.3, -0.25) is 4.79 Å². The van der Waals surface area contributed by atoms with Crippen molar-refractivity contribution in [2.75, 3.05) is 7.11 Å². The molecule has 180 valence electrons. The molecule has 0 aliphatic carbocycles. The van der Waals surface area contributed by atoms with Crippen LogP contribution >= 0.6 is 23.1 Å². The van der Waals surface area contributed by atoms with Crippen LogP contribution in [0.3, 0.4) is 0 Å². The summed E-state index contributed by atoms with van der Waals surface area (Å²) in [5, 5.41) is 0.502. The second-order valence-electron chi connectivity index (χ2n) is 7.63. The third-order valence-corrected chi connectivity index (χ3v) is 7.41. The van der Waals surface area contributed by atoms with Gasteiger partial charge in [-0.25, -0.2) is 9.78 Å². The van der Waals surface area contributed by atoms with E-state index in [4.69, 9.17) is 4.74 Å². The molecule has 0 amide bonds. The van der Waals surface area contributed by atoms with Crippen molar-refractivity contribution in [2.24, 2.45) is 0 Å². The number of H-pyrrole nitrogens is 1. The Labute approximate surface area is 206 Å². The molecular weight excluding hydrogens is 497 g/mol. The van der Waals surface area contributed by atoms with E-state index < -0.39 is 17.7 Å². The van der Waals surface area contributed by atoms with Crippen molar-refractivity contribution in [3.8, 4) is 0 Å². The highest BCUT2D eigenvalue weighted by Gasteiger charge is 2.30. The average molecular weight is 517 g/mol. The molecule has 0 aliphatic heterocycles. The number of thiophene rings is 1. The Morgan fingerprint density at radius 1 is 1.14 bits per heavy atom. The molecule has 4 aromatic rings. The number of aromatic nitrogens is 2. The van der Waals surface area contributed by atoms with Gasteiger partial charge < -0.3 is 9.72 Å². The van der Waals surface area contributed by atoms with Crippen molar-refractivity contribution in [3.63, 3.8) is 0 Å². The zero-order valence-electron chi connectivity index (χ0n) is 18.8. The van der Waals surface area contributed by atoms with Crippen LogP contribution in [0.2, 0.25) is 0 Å². The minimum atomic E-state index is -4.48. The lowest BCUT2D eigenvalue weighted by atomic mass is 10.1. The van der Waals surface area contributed by atoms with Crippen molar-refractivity contribution >= 4 is 50.3 Å². The number of nitrogens with zero attached hydrogens (tertiary/aromatic N) is 1. The summed E-state index contributed by atoms with van der Waals surface area (Å²) in [6.45, 7) is 3.75. The predicted molar refractivity (Wildman–Crippen MR) is 133 cm³/mol. The molecule has 4 rings (SSSR count). The van der Waals surface area contributed by atoms with Gasteiger partial charge in [0.15, 0.2) is 0 Å². The fourth-order valence-electron chi connectivity index (χ4n) is 3.37. The van der Waals surface area contributed by atoms with Crippen LogP contribution in [0, 0.1) is 13.8 Å². The standard InChI is InChI=1S/C25H19F3N2O3S2/c1-13-14(2)34-23-20(13)22(31)29-21(30-23)19(11-15-7-9-16(10-8-15)24(32)33-3)35-18-6-4-5-17(12-18)25(26,27)28/h4-12H,1-3H3,(H,29,30,31). The third kappa shape index (κ3) is 5.33. The van der Waals surface area contributed by atoms with E-state index in [9.17, 15) is 22.8 Å². The van der Waals surface area contributed by atoms with Gasteiger partial charge in [0.1, 0.15) is 10.7 Å². The molecule has 0 saturated carbocycles. The van der Waals surface area contributed by atoms with Crippen LogP contribution in [0.25, 0.3) is 21.2 Å². The summed E-state index contributed by atoms with van der Waals surface area (Å²) in [6.07, 6.45) is -2.79. The highest BCUT2D eigenvalue weighted by atomic mass is 32.2. The van der Waals surface area contributed by atoms with Crippen LogP contribution in [0.15, 0.2) is 58.2 Å². The van der Waals surface area contributed by atoms with Crippen LogP contribution < -0.4 is 5.56 Å². The van der Waals surface area contributed by atoms with E-state index in [1.54, 1.807) is 36.4 Å². The number of ether oxygens (including phenoxy) is 1. The molecule has 2 aromatic carbocycles. The maximum atomic E-state index is 13.3. The number of carbonyl (C=O) groups excluding carboxylic acids is 1. The van der Waals surface area contributed by atoms with E-state index in [1.807, 2.05) is 13.8 Å². The Morgan fingerprint density at radius 2 is 1.86 bits per heavy atom. The highest BCUT2D eigenvalue weighted by molar-refractivity contribution is 8.08. The summed E-state index contributed by atoms with van der Waals surface area (Å²) in [6, 6.07) is 11.5. The molecule has 0 unspecified atom stereocenters. The first kappa shape index (κ1) is 24.7. The maximum Gasteiger partial charge on any atom is 0.416 e. The molecule has 0 radical (unpaired) electrons. The first-order valence-corrected chi connectivity index (χ1v) is 12.0. The number of aromatic amines is 1. The Kier molecular flexibility index (Phi) is 6.86. The van der Waals surface area contributed by atoms with Gasteiger partial charge in [-0.1, -0.05) is 30.0 Å². The van der Waals surface area contributed by atoms with E-state index in [-0.39, 0.29) is 11.4 Å². The van der Waals surface area contributed by atoms with Gasteiger partial charge in [-0.2, -0.15) is 13.2 Å². The average Bonchev–Trinajstić information content (AvgIpc) is 3.12. The van der Waals surface area contributed by atoms with E-state index in [1.165, 1.54) is 24.5 Å². The Hall–Kier alpha value is -3.37. The van der Waals surface area contributed by atoms with Gasteiger partial charge in [0.2, 0.25) is 0 Å². The number of rotatable bonds is 5. The van der Waals surface area contributed by atoms with Crippen molar-refractivity contribution in [1.82, 2.24) is 9.97 Å². The lowest BCUT2D eigenvalue weighted by molar-refractivity contribution is -0.137. The summed E-state index contributed by atoms with van der Waals surface area (Å²) < 4.78 is 44.5. The quantitative estimate of drug-likeness (QED) is 0.236. The Balaban J connectivity index is 1.83. The number of fused-ring (bicyclic) bond motifs is 1. The molecule has 5 nitrogen and oxygen atoms in total. The molecule has 0 spiro atoms. The van der Waals surface area contributed by atoms with Gasteiger partial charge in [-0.05, 0) is 61.4 Å². The van der Waals surface area contributed by atoms with Gasteiger partial charge in [0, 0.05) is 9.77 Å². The van der Waals surface area contributed by atoms with Crippen molar-refractivity contribution in [1.29, 1.82) is 0 Å². The van der Waals surface area contributed by atoms with Crippen molar-refractivity contribution in [3.05, 3.63) is 91.8 Å². The lowest BCUT2D eigenvalue weighted by Gasteiger charge is -2.11. The molecule has 0 atom stereocenters. The van der Waals surface area contributed by atoms with Gasteiger partial charge in [-0.15, -0.1) is 11.3 Å². The number of esters is 1. The molecule has 1 N–H and O–H groups in total. The second-order valence-corrected chi connectivity index (χ2v) is 9.95. The smallest absolute Gasteiger partial charge is 0.416 e. The minimum absolute atomic E-state index is 0.239. The number of aryl methyl sites for hydroxylation is 2. The van der Waals surface area contributed by atoms with E-state index in [0.29, 0.717) is 31.1 Å². The monoisotopic (exact) mass is 516 g/mol. The molecule has 0 bridgehead atoms. The fraction of sp³-hybridized carbons (Fsp3) is 0.160. The van der Waals surface area contributed by atoms with Crippen LogP contribution in [-0.2, 0) is 10.9 Å². The Bertz CT molecular complexity index is 1500. The fourth-order valence-corrected chi connectivity index (χ4v) is 5.37. The minimum Gasteiger partial charge on any atom is -0.465 e. The molecule has 2 heterocycles. The molecule has 35 heavy (non-hydrogen) atoms. The zero-order chi connectivity index (χ0) is 25.3. The van der Waals surface area contributed by atoms with Crippen LogP contribution in [0.4, 0.5) is 13.2 Å². The van der Waals surface area contributed by atoms with Crippen molar-refractivity contribution < 1.29 is 22.7 Å². The summed E-state index contributed by atoms with van der Waals surface area (Å²) in [5.74, 6) is -0.248. The van der Waals surface area contributed by atoms with Crippen LogP contribution in [-0.4, -0.2) is 23.0 Å². The number of hydrogen-bond acceptors (Lipinski definition) is 6. The first-order valence-electron chi connectivity index (χ1n) is 10.3. The summed E-state index contributed by atoms with van der Waals surface area (Å²) in [5.41, 5.74) is 0.775. The maximum absolute atomic E-state index is 13.3. The molecular formula is C25H19F3N2O3S2. The number of halogens is 3. The van der Waals surface area contributed by atoms with Gasteiger partial charge in [0.05, 0.1) is 28.5 Å². The van der Waals surface area contributed by atoms with Gasteiger partial charge in [0.25, 0.3) is 5.56 Å². The predicted octanol–water partition coefficient (Wildman–Crippen LogP) is 6.70. The topological polar surface area (TPSA) is 72.0 Å². The number of nitrogens with one attached hydrogen (secondary N) is 1. The summed E-state index contributed by atoms with van der Waals surface area (Å²) in [7, 11) is 1.28. The first-order chi connectivity index (χ1) is 16.6. The third-order valence-electron chi connectivity index (χ3n) is 5.29. The van der Waals surface area contributed by atoms with E-state index in [2.05, 4.69) is 9.97 Å². The highest BCUT2D eigenvalue weighted by Crippen LogP contribution is 2.38. The number of methoxy groups -OCH3 is 1. The number of carbonyl (C=O) groups is 1. The van der Waals surface area contributed by atoms with Gasteiger partial charge >= 0.3 is 12.1 Å². The second kappa shape index (κ2) is 9.71. The largest absolute Gasteiger partial charge is 0.465 e. The normalized spacial score (nSPS) is 12.2. The lowest BCUT2D eigenvalue weighted by Crippen LogP contribution is -2.10. The molecule has 2 aromatic heterocycles. The molecule has 0 saturated heterocycles. The van der Waals surface area contributed by atoms with Crippen LogP contribution in [0.5, 0.6) is 0 Å². The van der Waals surface area contributed by atoms with E-state index in [0.717, 1.165) is 34.3 Å². The SMILES string of the molecule is COC(=O)c1ccc(C=C(Sc2cccc(C(F)(F)F)c2)c2nc3sc(C)c(C)c3c(=O)[nH]2)cc1. The Morgan fingerprint density at radius 3 is 2.51 bits per heavy atom.